The van der Waals surface area contributed by atoms with Crippen molar-refractivity contribution >= 4 is 75.3 Å². The van der Waals surface area contributed by atoms with Gasteiger partial charge in [-0.25, -0.2) is 14.4 Å². The van der Waals surface area contributed by atoms with Crippen LogP contribution < -0.4 is 5.43 Å². The molecule has 190 valence electrons. The van der Waals surface area contributed by atoms with Crippen LogP contribution in [0.15, 0.2) is 27.4 Å². The minimum absolute atomic E-state index is 0.0146. The molecule has 0 radical (unpaired) electrons. The highest BCUT2D eigenvalue weighted by Gasteiger charge is 2.36. The molecule has 0 saturated heterocycles. The number of aryl methyl sites for hydroxylation is 1. The summed E-state index contributed by atoms with van der Waals surface area (Å²) in [5, 5.41) is 37.7. The molecule has 0 amide bonds. The van der Waals surface area contributed by atoms with Crippen LogP contribution in [-0.4, -0.2) is 38.3 Å². The number of halogens is 4. The number of rotatable bonds is 5. The summed E-state index contributed by atoms with van der Waals surface area (Å²) < 4.78 is 5.78. The predicted molar refractivity (Wildman–Crippen MR) is 137 cm³/mol. The van der Waals surface area contributed by atoms with Gasteiger partial charge in [-0.3, -0.25) is 4.79 Å². The summed E-state index contributed by atoms with van der Waals surface area (Å²) in [5.74, 6) is -5.96. The molecule has 0 spiro atoms. The molecule has 1 aliphatic heterocycles. The number of hydrogen-bond acceptors (Lipinski definition) is 6. The Balaban J connectivity index is 2.43. The van der Waals surface area contributed by atoms with Gasteiger partial charge in [-0.2, -0.15) is 0 Å². The zero-order valence-corrected chi connectivity index (χ0v) is 21.3. The molecule has 2 aliphatic rings. The van der Waals surface area contributed by atoms with Gasteiger partial charge in [0.25, 0.3) is 0 Å². The normalized spacial score (nSPS) is 11.3. The molecule has 9 nitrogen and oxygen atoms in total. The van der Waals surface area contributed by atoms with E-state index in [-0.39, 0.29) is 45.0 Å². The fourth-order valence-electron chi connectivity index (χ4n) is 4.11. The number of fused-ring (bicyclic) bond motifs is 2. The Labute approximate surface area is 226 Å². The second kappa shape index (κ2) is 9.42. The number of hydrogen-bond donors (Lipinski definition) is 4. The Hall–Kier alpha value is -3.50. The number of aromatic hydroxyl groups is 1. The SMILES string of the molecule is CCc1cc2c(-c3c(Cl)c(C(=O)O)c(C(=O)O)c(Cl)c3C(=O)O)c3ccc(=O)c(Cl)c-3oc2c(Cl)c1O. The maximum atomic E-state index is 12.4. The van der Waals surface area contributed by atoms with Crippen molar-refractivity contribution in [3.05, 3.63) is 70.8 Å². The quantitative estimate of drug-likeness (QED) is 0.190. The number of benzene rings is 3. The largest absolute Gasteiger partial charge is 0.506 e. The lowest BCUT2D eigenvalue weighted by atomic mass is 9.87. The van der Waals surface area contributed by atoms with E-state index in [4.69, 9.17) is 50.8 Å². The lowest BCUT2D eigenvalue weighted by Crippen LogP contribution is -2.15. The zero-order valence-electron chi connectivity index (χ0n) is 18.3. The lowest BCUT2D eigenvalue weighted by molar-refractivity contribution is 0.0649. The Morgan fingerprint density at radius 1 is 0.811 bits per heavy atom. The molecule has 0 bridgehead atoms. The Bertz CT molecular complexity index is 1720. The maximum Gasteiger partial charge on any atom is 0.338 e. The Morgan fingerprint density at radius 3 is 1.92 bits per heavy atom. The van der Waals surface area contributed by atoms with Crippen LogP contribution in [0.3, 0.4) is 0 Å². The molecule has 0 atom stereocenters. The molecule has 0 unspecified atom stereocenters. The van der Waals surface area contributed by atoms with E-state index in [1.165, 1.54) is 12.1 Å². The van der Waals surface area contributed by atoms with Crippen LogP contribution in [0.2, 0.25) is 20.1 Å². The van der Waals surface area contributed by atoms with Crippen LogP contribution in [0.4, 0.5) is 0 Å². The Kier molecular flexibility index (Phi) is 6.76. The average Bonchev–Trinajstić information content (AvgIpc) is 2.83. The molecule has 1 heterocycles. The van der Waals surface area contributed by atoms with Crippen molar-refractivity contribution in [2.45, 2.75) is 13.3 Å². The monoisotopic (exact) mass is 584 g/mol. The minimum atomic E-state index is -1.82. The molecular formula is C24H12Cl4O9. The molecule has 37 heavy (non-hydrogen) atoms. The summed E-state index contributed by atoms with van der Waals surface area (Å²) in [6.45, 7) is 1.70. The molecule has 4 rings (SSSR count). The first kappa shape index (κ1) is 26.6. The topological polar surface area (TPSA) is 162 Å². The molecule has 2 aromatic carbocycles. The minimum Gasteiger partial charge on any atom is -0.506 e. The van der Waals surface area contributed by atoms with Crippen LogP contribution in [0, 0.1) is 0 Å². The van der Waals surface area contributed by atoms with E-state index in [2.05, 4.69) is 0 Å². The first-order valence-corrected chi connectivity index (χ1v) is 11.7. The van der Waals surface area contributed by atoms with Gasteiger partial charge in [-0.1, -0.05) is 53.3 Å². The highest BCUT2D eigenvalue weighted by molar-refractivity contribution is 6.44. The Morgan fingerprint density at radius 2 is 1.38 bits per heavy atom. The maximum absolute atomic E-state index is 12.4. The van der Waals surface area contributed by atoms with Gasteiger partial charge in [0.1, 0.15) is 15.8 Å². The van der Waals surface area contributed by atoms with Gasteiger partial charge < -0.3 is 24.8 Å². The van der Waals surface area contributed by atoms with E-state index < -0.39 is 60.7 Å². The van der Waals surface area contributed by atoms with Crippen molar-refractivity contribution in [3.63, 3.8) is 0 Å². The molecule has 13 heteroatoms. The number of phenols is 1. The number of aromatic carboxylic acids is 3. The van der Waals surface area contributed by atoms with E-state index in [0.29, 0.717) is 5.56 Å². The summed E-state index contributed by atoms with van der Waals surface area (Å²) >= 11 is 25.2. The van der Waals surface area contributed by atoms with Crippen molar-refractivity contribution in [2.75, 3.05) is 0 Å². The lowest BCUT2D eigenvalue weighted by Gasteiger charge is -2.22. The zero-order chi connectivity index (χ0) is 27.5. The molecular weight excluding hydrogens is 574 g/mol. The van der Waals surface area contributed by atoms with Gasteiger partial charge in [-0.05, 0) is 30.2 Å². The molecule has 0 saturated carbocycles. The third-order valence-electron chi connectivity index (χ3n) is 5.73. The standard InChI is InChI=1S/C24H12Cl4O9/c1-2-6-5-8-10(7-3-4-9(29)15(25)20(7)37-21(8)18(28)19(6)30)11-12(22(31)32)17(27)14(24(35)36)13(16(11)26)23(33)34/h3-5,30H,2H2,1H3,(H,31,32)(H,33,34)(H,35,36). The van der Waals surface area contributed by atoms with Crippen molar-refractivity contribution in [2.24, 2.45) is 0 Å². The smallest absolute Gasteiger partial charge is 0.338 e. The van der Waals surface area contributed by atoms with Crippen molar-refractivity contribution in [1.82, 2.24) is 0 Å². The van der Waals surface area contributed by atoms with Crippen molar-refractivity contribution < 1.29 is 39.2 Å². The van der Waals surface area contributed by atoms with Crippen LogP contribution >= 0.6 is 46.4 Å². The molecule has 4 N–H and O–H groups in total. The van der Waals surface area contributed by atoms with E-state index in [1.807, 2.05) is 0 Å². The van der Waals surface area contributed by atoms with E-state index in [9.17, 15) is 39.6 Å². The molecule has 1 aliphatic carbocycles. The van der Waals surface area contributed by atoms with Gasteiger partial charge in [0.15, 0.2) is 11.3 Å². The highest BCUT2D eigenvalue weighted by Crippen LogP contribution is 2.51. The number of carboxylic acids is 3. The van der Waals surface area contributed by atoms with Crippen LogP contribution in [0.5, 0.6) is 5.75 Å². The third kappa shape index (κ3) is 3.95. The average molecular weight is 586 g/mol. The fraction of sp³-hybridized carbons (Fsp3) is 0.0833. The third-order valence-corrected chi connectivity index (χ3v) is 7.19. The first-order chi connectivity index (χ1) is 17.3. The first-order valence-electron chi connectivity index (χ1n) is 10.2. The molecule has 2 aromatic rings. The second-order valence-corrected chi connectivity index (χ2v) is 9.22. The van der Waals surface area contributed by atoms with Crippen LogP contribution in [0.25, 0.3) is 33.4 Å². The summed E-state index contributed by atoms with van der Waals surface area (Å²) in [5.41, 5.74) is -3.98. The molecule has 0 aromatic heterocycles. The highest BCUT2D eigenvalue weighted by atomic mass is 35.5. The number of carbonyl (C=O) groups is 3. The fourth-order valence-corrected chi connectivity index (χ4v) is 5.29. The number of carboxylic acid groups (broad SMARTS) is 3. The van der Waals surface area contributed by atoms with Crippen molar-refractivity contribution in [3.8, 4) is 28.2 Å². The second-order valence-electron chi connectivity index (χ2n) is 7.70. The van der Waals surface area contributed by atoms with Gasteiger partial charge in [0.05, 0.1) is 26.7 Å². The summed E-state index contributed by atoms with van der Waals surface area (Å²) in [6, 6.07) is 3.73. The van der Waals surface area contributed by atoms with Crippen molar-refractivity contribution in [1.29, 1.82) is 0 Å². The molecule has 0 fully saturated rings. The van der Waals surface area contributed by atoms with Crippen LogP contribution in [0.1, 0.15) is 43.6 Å². The summed E-state index contributed by atoms with van der Waals surface area (Å²) in [7, 11) is 0. The van der Waals surface area contributed by atoms with Gasteiger partial charge >= 0.3 is 17.9 Å². The van der Waals surface area contributed by atoms with E-state index in [0.717, 1.165) is 6.07 Å². The van der Waals surface area contributed by atoms with Gasteiger partial charge in [0.2, 0.25) is 5.43 Å². The van der Waals surface area contributed by atoms with Gasteiger partial charge in [-0.15, -0.1) is 0 Å². The summed E-state index contributed by atoms with van der Waals surface area (Å²) in [4.78, 5) is 48.7. The number of phenolic OH excluding ortho intramolecular Hbond substituents is 1. The summed E-state index contributed by atoms with van der Waals surface area (Å²) in [6.07, 6.45) is 0.262. The van der Waals surface area contributed by atoms with Crippen LogP contribution in [-0.2, 0) is 6.42 Å². The van der Waals surface area contributed by atoms with E-state index >= 15 is 0 Å². The predicted octanol–water partition coefficient (Wildman–Crippen LogP) is 6.54. The van der Waals surface area contributed by atoms with Gasteiger partial charge in [0, 0.05) is 22.1 Å². The van der Waals surface area contributed by atoms with E-state index in [1.54, 1.807) is 6.92 Å².